The van der Waals surface area contributed by atoms with Gasteiger partial charge in [-0.1, -0.05) is 50.0 Å². The molecule has 1 N–H and O–H groups in total. The smallest absolute Gasteiger partial charge is 0.192 e. The molecule has 0 radical (unpaired) electrons. The Morgan fingerprint density at radius 3 is 2.43 bits per heavy atom. The van der Waals surface area contributed by atoms with E-state index in [0.717, 1.165) is 12.8 Å². The van der Waals surface area contributed by atoms with Gasteiger partial charge in [0.05, 0.1) is 12.2 Å². The highest BCUT2D eigenvalue weighted by atomic mass is 79.9. The minimum absolute atomic E-state index is 0.185. The van der Waals surface area contributed by atoms with E-state index in [2.05, 4.69) is 56.7 Å². The van der Waals surface area contributed by atoms with Crippen LogP contribution in [0.4, 0.5) is 0 Å². The van der Waals surface area contributed by atoms with Crippen LogP contribution in [-0.2, 0) is 4.43 Å². The fraction of sp³-hybridized carbons (Fsp3) is 1.00. The monoisotopic (exact) mass is 376 g/mol. The van der Waals surface area contributed by atoms with Crippen molar-refractivity contribution in [2.24, 2.45) is 11.3 Å². The van der Waals surface area contributed by atoms with Crippen LogP contribution >= 0.6 is 15.9 Å². The number of aliphatic hydroxyl groups is 1. The molecule has 0 aromatic heterocycles. The van der Waals surface area contributed by atoms with Crippen molar-refractivity contribution in [3.05, 3.63) is 0 Å². The summed E-state index contributed by atoms with van der Waals surface area (Å²) in [6.45, 7) is 14.1. The van der Waals surface area contributed by atoms with Crippen molar-refractivity contribution >= 4 is 24.2 Å². The summed E-state index contributed by atoms with van der Waals surface area (Å²) >= 11 is 3.70. The van der Waals surface area contributed by atoms with Crippen LogP contribution in [0.1, 0.15) is 59.8 Å². The molecule has 0 heterocycles. The van der Waals surface area contributed by atoms with Crippen molar-refractivity contribution < 1.29 is 9.53 Å². The fourth-order valence-electron chi connectivity index (χ4n) is 3.88. The third-order valence-corrected chi connectivity index (χ3v) is 11.9. The molecule has 0 amide bonds. The van der Waals surface area contributed by atoms with E-state index in [1.165, 1.54) is 19.3 Å². The van der Waals surface area contributed by atoms with Crippen molar-refractivity contribution in [3.63, 3.8) is 0 Å². The van der Waals surface area contributed by atoms with Gasteiger partial charge in [0.2, 0.25) is 0 Å². The van der Waals surface area contributed by atoms with Crippen LogP contribution in [0, 0.1) is 11.3 Å². The Hall–Kier alpha value is 0.617. The maximum atomic E-state index is 10.2. The summed E-state index contributed by atoms with van der Waals surface area (Å²) in [7, 11) is -1.73. The van der Waals surface area contributed by atoms with E-state index in [9.17, 15) is 5.11 Å². The zero-order valence-corrected chi connectivity index (χ0v) is 17.2. The molecule has 4 heteroatoms. The minimum Gasteiger partial charge on any atom is -0.413 e. The first-order chi connectivity index (χ1) is 9.47. The van der Waals surface area contributed by atoms with E-state index in [4.69, 9.17) is 4.43 Å². The first-order valence-electron chi connectivity index (χ1n) is 8.47. The molecular weight excluding hydrogens is 344 g/mol. The van der Waals surface area contributed by atoms with E-state index in [-0.39, 0.29) is 21.4 Å². The summed E-state index contributed by atoms with van der Waals surface area (Å²) in [5.41, 5.74) is 0.223. The number of hydrogen-bond acceptors (Lipinski definition) is 2. The maximum absolute atomic E-state index is 10.2. The Bertz CT molecular complexity index is 379. The van der Waals surface area contributed by atoms with Crippen LogP contribution in [-0.4, -0.2) is 30.5 Å². The highest BCUT2D eigenvalue weighted by Crippen LogP contribution is 2.54. The van der Waals surface area contributed by atoms with Crippen molar-refractivity contribution in [2.75, 3.05) is 0 Å². The number of rotatable bonds is 2. The molecule has 0 spiro atoms. The van der Waals surface area contributed by atoms with Gasteiger partial charge in [-0.15, -0.1) is 0 Å². The molecule has 2 fully saturated rings. The second-order valence-electron chi connectivity index (χ2n) is 9.02. The van der Waals surface area contributed by atoms with Gasteiger partial charge >= 0.3 is 0 Å². The van der Waals surface area contributed by atoms with Crippen molar-refractivity contribution in [2.45, 2.75) is 95.0 Å². The van der Waals surface area contributed by atoms with Crippen molar-refractivity contribution in [1.82, 2.24) is 0 Å². The third kappa shape index (κ3) is 3.43. The van der Waals surface area contributed by atoms with Gasteiger partial charge in [-0.25, -0.2) is 0 Å². The second kappa shape index (κ2) is 5.92. The number of fused-ring (bicyclic) bond motifs is 1. The molecule has 0 unspecified atom stereocenters. The standard InChI is InChI=1S/C17H33BrO2Si/c1-16(2,3)21(5,6)20-15-9-7-8-12-10-14(19)13(18)11-17(12,15)4/h12-15,19H,7-11H2,1-6H3/t12-,13+,14+,15-,17-/m1/s1. The lowest BCUT2D eigenvalue weighted by Gasteiger charge is -2.55. The van der Waals surface area contributed by atoms with Crippen molar-refractivity contribution in [3.8, 4) is 0 Å². The van der Waals surface area contributed by atoms with Crippen LogP contribution in [0.2, 0.25) is 18.1 Å². The van der Waals surface area contributed by atoms with E-state index < -0.39 is 8.32 Å². The van der Waals surface area contributed by atoms with Crippen LogP contribution in [0.25, 0.3) is 0 Å². The van der Waals surface area contributed by atoms with Gasteiger partial charge < -0.3 is 9.53 Å². The maximum Gasteiger partial charge on any atom is 0.192 e. The summed E-state index contributed by atoms with van der Waals surface area (Å²) in [5, 5.41) is 10.5. The third-order valence-electron chi connectivity index (χ3n) is 6.51. The van der Waals surface area contributed by atoms with E-state index >= 15 is 0 Å². The lowest BCUT2D eigenvalue weighted by molar-refractivity contribution is -0.0812. The Morgan fingerprint density at radius 1 is 1.24 bits per heavy atom. The number of halogens is 1. The quantitative estimate of drug-likeness (QED) is 0.536. The molecule has 2 rings (SSSR count). The van der Waals surface area contributed by atoms with Gasteiger partial charge in [0.25, 0.3) is 0 Å². The molecular formula is C17H33BrO2Si. The predicted octanol–water partition coefficient (Wildman–Crippen LogP) is 5.10. The van der Waals surface area contributed by atoms with Crippen LogP contribution in [0.5, 0.6) is 0 Å². The molecule has 2 nitrogen and oxygen atoms in total. The summed E-state index contributed by atoms with van der Waals surface area (Å²) < 4.78 is 6.84. The normalized spacial score (nSPS) is 41.7. The Balaban J connectivity index is 2.20. The van der Waals surface area contributed by atoms with Gasteiger partial charge in [0.1, 0.15) is 0 Å². The van der Waals surface area contributed by atoms with Gasteiger partial charge in [0.15, 0.2) is 8.32 Å². The molecule has 0 aliphatic heterocycles. The van der Waals surface area contributed by atoms with E-state index in [1.807, 2.05) is 0 Å². The Morgan fingerprint density at radius 2 is 1.86 bits per heavy atom. The number of alkyl halides is 1. The minimum atomic E-state index is -1.73. The summed E-state index contributed by atoms with van der Waals surface area (Å²) in [4.78, 5) is 0.224. The highest BCUT2D eigenvalue weighted by molar-refractivity contribution is 9.09. The molecule has 0 aromatic rings. The zero-order chi connectivity index (χ0) is 16.1. The highest BCUT2D eigenvalue weighted by Gasteiger charge is 2.52. The zero-order valence-electron chi connectivity index (χ0n) is 14.6. The number of aliphatic hydroxyl groups excluding tert-OH is 1. The number of hydrogen-bond donors (Lipinski definition) is 1. The molecule has 2 aliphatic rings. The predicted molar refractivity (Wildman–Crippen MR) is 95.5 cm³/mol. The summed E-state index contributed by atoms with van der Waals surface area (Å²) in [5.74, 6) is 0.616. The average Bonchev–Trinajstić information content (AvgIpc) is 2.31. The molecule has 0 bridgehead atoms. The van der Waals surface area contributed by atoms with Gasteiger partial charge in [0, 0.05) is 4.83 Å². The first kappa shape index (κ1) is 18.0. The van der Waals surface area contributed by atoms with Gasteiger partial charge in [-0.2, -0.15) is 0 Å². The van der Waals surface area contributed by atoms with Gasteiger partial charge in [-0.3, -0.25) is 0 Å². The largest absolute Gasteiger partial charge is 0.413 e. The molecule has 21 heavy (non-hydrogen) atoms. The molecule has 5 atom stereocenters. The topological polar surface area (TPSA) is 29.5 Å². The SMILES string of the molecule is CC(C)(C)[Si](C)(C)O[C@@H]1CCC[C@@H]2C[C@H](O)[C@@H](Br)C[C@]21C. The molecule has 2 saturated carbocycles. The first-order valence-corrected chi connectivity index (χ1v) is 12.3. The van der Waals surface area contributed by atoms with E-state index in [0.29, 0.717) is 12.0 Å². The Kier molecular flexibility index (Phi) is 5.06. The Labute approximate surface area is 140 Å². The molecule has 0 saturated heterocycles. The van der Waals surface area contributed by atoms with Crippen LogP contribution in [0.3, 0.4) is 0 Å². The summed E-state index contributed by atoms with van der Waals surface area (Å²) in [6.07, 6.45) is 5.85. The van der Waals surface area contributed by atoms with E-state index in [1.54, 1.807) is 0 Å². The van der Waals surface area contributed by atoms with Crippen molar-refractivity contribution in [1.29, 1.82) is 0 Å². The summed E-state index contributed by atoms with van der Waals surface area (Å²) in [6, 6.07) is 0. The van der Waals surface area contributed by atoms with Gasteiger partial charge in [-0.05, 0) is 55.1 Å². The molecule has 0 aromatic carbocycles. The fourth-order valence-corrected chi connectivity index (χ4v) is 6.24. The lowest BCUT2D eigenvalue weighted by atomic mass is 9.58. The average molecular weight is 377 g/mol. The van der Waals surface area contributed by atoms with Crippen LogP contribution < -0.4 is 0 Å². The second-order valence-corrected chi connectivity index (χ2v) is 15.0. The van der Waals surface area contributed by atoms with Crippen LogP contribution in [0.15, 0.2) is 0 Å². The molecule has 2 aliphatic carbocycles. The lowest BCUT2D eigenvalue weighted by Crippen LogP contribution is -2.56. The molecule has 124 valence electrons.